The number of amides is 1. The van der Waals surface area contributed by atoms with Gasteiger partial charge in [0.15, 0.2) is 0 Å². The van der Waals surface area contributed by atoms with E-state index >= 15 is 0 Å². The van der Waals surface area contributed by atoms with Crippen LogP contribution in [0.15, 0.2) is 18.2 Å². The monoisotopic (exact) mass is 554 g/mol. The molecule has 1 aromatic rings. The van der Waals surface area contributed by atoms with E-state index in [0.29, 0.717) is 31.7 Å². The summed E-state index contributed by atoms with van der Waals surface area (Å²) in [6.07, 6.45) is -4.38. The molecule has 0 N–H and O–H groups in total. The first-order chi connectivity index (χ1) is 18.0. The summed E-state index contributed by atoms with van der Waals surface area (Å²) in [7, 11) is 0. The molecule has 2 unspecified atom stereocenters. The van der Waals surface area contributed by atoms with Crippen molar-refractivity contribution in [1.82, 2.24) is 9.80 Å². The Kier molecular flexibility index (Phi) is 8.04. The van der Waals surface area contributed by atoms with Crippen LogP contribution in [0.25, 0.3) is 0 Å². The van der Waals surface area contributed by atoms with Crippen LogP contribution >= 0.6 is 0 Å². The average Bonchev–Trinajstić information content (AvgIpc) is 3.36. The van der Waals surface area contributed by atoms with Crippen LogP contribution in [0.2, 0.25) is 0 Å². The summed E-state index contributed by atoms with van der Waals surface area (Å²) < 4.78 is 59.7. The number of fused-ring (bicyclic) bond motifs is 1. The zero-order valence-electron chi connectivity index (χ0n) is 23.8. The fourth-order valence-electron chi connectivity index (χ4n) is 5.92. The number of esters is 1. The van der Waals surface area contributed by atoms with Crippen LogP contribution < -0.4 is 0 Å². The quantitative estimate of drug-likeness (QED) is 0.465. The Balaban J connectivity index is 1.52. The lowest BCUT2D eigenvalue weighted by Gasteiger charge is -2.38. The van der Waals surface area contributed by atoms with E-state index in [4.69, 9.17) is 14.2 Å². The molecule has 3 saturated heterocycles. The average molecular weight is 555 g/mol. The third kappa shape index (κ3) is 6.88. The first kappa shape index (κ1) is 29.6. The van der Waals surface area contributed by atoms with Crippen molar-refractivity contribution >= 4 is 12.1 Å². The van der Waals surface area contributed by atoms with Gasteiger partial charge in [-0.05, 0) is 83.4 Å². The number of rotatable bonds is 4. The highest BCUT2D eigenvalue weighted by Gasteiger charge is 2.47. The molecule has 3 fully saturated rings. The lowest BCUT2D eigenvalue weighted by molar-refractivity contribution is -0.166. The molecule has 218 valence electrons. The minimum absolute atomic E-state index is 0.150. The van der Waals surface area contributed by atoms with Crippen LogP contribution in [-0.2, 0) is 37.1 Å². The van der Waals surface area contributed by atoms with Crippen molar-refractivity contribution in [3.05, 3.63) is 34.9 Å². The van der Waals surface area contributed by atoms with E-state index in [0.717, 1.165) is 6.07 Å². The van der Waals surface area contributed by atoms with Crippen molar-refractivity contribution in [3.8, 4) is 0 Å². The molecule has 1 aromatic carbocycles. The van der Waals surface area contributed by atoms with Crippen molar-refractivity contribution < 1.29 is 37.0 Å². The molecular weight excluding hydrogens is 513 g/mol. The molecule has 0 spiro atoms. The molecule has 0 saturated carbocycles. The number of halogens is 3. The van der Waals surface area contributed by atoms with E-state index < -0.39 is 34.3 Å². The normalized spacial score (nSPS) is 24.0. The smallest absolute Gasteiger partial charge is 0.416 e. The van der Waals surface area contributed by atoms with Crippen LogP contribution in [0.1, 0.15) is 71.1 Å². The third-order valence-corrected chi connectivity index (χ3v) is 7.71. The molecular formula is C29H41F3N2O5. The molecule has 1 amide bonds. The minimum Gasteiger partial charge on any atom is -0.459 e. The van der Waals surface area contributed by atoms with E-state index in [1.165, 1.54) is 6.07 Å². The Labute approximate surface area is 228 Å². The van der Waals surface area contributed by atoms with Gasteiger partial charge in [-0.1, -0.05) is 12.1 Å². The van der Waals surface area contributed by atoms with Crippen LogP contribution in [-0.4, -0.2) is 72.5 Å². The fourth-order valence-corrected chi connectivity index (χ4v) is 5.92. The molecule has 2 atom stereocenters. The van der Waals surface area contributed by atoms with Gasteiger partial charge >= 0.3 is 18.2 Å². The number of benzene rings is 1. The number of hydrogen-bond acceptors (Lipinski definition) is 6. The van der Waals surface area contributed by atoms with Crippen LogP contribution in [0.4, 0.5) is 18.0 Å². The zero-order valence-corrected chi connectivity index (χ0v) is 23.8. The van der Waals surface area contributed by atoms with Crippen molar-refractivity contribution in [2.45, 2.75) is 83.7 Å². The van der Waals surface area contributed by atoms with Crippen LogP contribution in [0, 0.1) is 11.8 Å². The third-order valence-electron chi connectivity index (χ3n) is 7.71. The lowest BCUT2D eigenvalue weighted by Crippen LogP contribution is -2.45. The maximum absolute atomic E-state index is 14.4. The summed E-state index contributed by atoms with van der Waals surface area (Å²) >= 11 is 0. The molecule has 3 aliphatic heterocycles. The molecule has 10 heteroatoms. The summed E-state index contributed by atoms with van der Waals surface area (Å²) in [6.45, 7) is 13.7. The summed E-state index contributed by atoms with van der Waals surface area (Å²) in [4.78, 5) is 29.5. The Morgan fingerprint density at radius 2 is 1.49 bits per heavy atom. The summed E-state index contributed by atoms with van der Waals surface area (Å²) in [6, 6.07) is 4.31. The number of ether oxygens (including phenoxy) is 3. The van der Waals surface area contributed by atoms with Gasteiger partial charge < -0.3 is 19.1 Å². The number of carbonyl (C=O) groups is 2. The zero-order chi connectivity index (χ0) is 28.8. The molecule has 39 heavy (non-hydrogen) atoms. The predicted molar refractivity (Wildman–Crippen MR) is 139 cm³/mol. The number of nitrogens with zero attached hydrogens (tertiary/aromatic N) is 2. The second-order valence-electron chi connectivity index (χ2n) is 13.2. The molecule has 0 aromatic heterocycles. The number of alkyl halides is 3. The van der Waals surface area contributed by atoms with Gasteiger partial charge in [0, 0.05) is 45.9 Å². The highest BCUT2D eigenvalue weighted by atomic mass is 19.4. The van der Waals surface area contributed by atoms with E-state index in [2.05, 4.69) is 0 Å². The highest BCUT2D eigenvalue weighted by molar-refractivity contribution is 5.84. The highest BCUT2D eigenvalue weighted by Crippen LogP contribution is 2.42. The van der Waals surface area contributed by atoms with E-state index in [9.17, 15) is 22.8 Å². The van der Waals surface area contributed by atoms with Gasteiger partial charge in [-0.15, -0.1) is 0 Å². The van der Waals surface area contributed by atoms with Gasteiger partial charge in [0.1, 0.15) is 11.2 Å². The fraction of sp³-hybridized carbons (Fsp3) is 0.724. The Bertz CT molecular complexity index is 1060. The molecule has 0 bridgehead atoms. The van der Waals surface area contributed by atoms with Crippen molar-refractivity contribution in [1.29, 1.82) is 0 Å². The first-order valence-electron chi connectivity index (χ1n) is 13.7. The van der Waals surface area contributed by atoms with Crippen molar-refractivity contribution in [2.24, 2.45) is 11.8 Å². The minimum atomic E-state index is -4.57. The second-order valence-corrected chi connectivity index (χ2v) is 13.2. The van der Waals surface area contributed by atoms with Crippen LogP contribution in [0.3, 0.4) is 0 Å². The summed E-state index contributed by atoms with van der Waals surface area (Å²) in [5.74, 6) is -0.117. The Hall–Kier alpha value is -2.33. The largest absolute Gasteiger partial charge is 0.459 e. The predicted octanol–water partition coefficient (Wildman–Crippen LogP) is 5.39. The van der Waals surface area contributed by atoms with Crippen LogP contribution in [0.5, 0.6) is 0 Å². The van der Waals surface area contributed by atoms with Gasteiger partial charge in [0.05, 0.1) is 11.0 Å². The topological polar surface area (TPSA) is 68.3 Å². The number of carbonyl (C=O) groups excluding carboxylic acids is 2. The van der Waals surface area contributed by atoms with Gasteiger partial charge in [0.2, 0.25) is 0 Å². The number of likely N-dealkylation sites (tertiary alicyclic amines) is 2. The maximum atomic E-state index is 14.4. The molecule has 0 aliphatic carbocycles. The molecule has 0 radical (unpaired) electrons. The Morgan fingerprint density at radius 1 is 0.923 bits per heavy atom. The van der Waals surface area contributed by atoms with Crippen molar-refractivity contribution in [2.75, 3.05) is 39.4 Å². The SMILES string of the molecule is CC(C)(C)OC(=O)N1CC2CN(Cc3ccc(C4(C(=O)OC(C)(C)C)CCOCC4)cc3C(F)(F)F)CC2C1. The van der Waals surface area contributed by atoms with Crippen molar-refractivity contribution in [3.63, 3.8) is 0 Å². The number of hydrogen-bond donors (Lipinski definition) is 0. The van der Waals surface area contributed by atoms with Gasteiger partial charge in [-0.25, -0.2) is 4.79 Å². The maximum Gasteiger partial charge on any atom is 0.416 e. The van der Waals surface area contributed by atoms with E-state index in [1.54, 1.807) is 31.7 Å². The molecule has 3 aliphatic rings. The second kappa shape index (κ2) is 10.6. The van der Waals surface area contributed by atoms with Gasteiger partial charge in [0.25, 0.3) is 0 Å². The summed E-state index contributed by atoms with van der Waals surface area (Å²) in [5.41, 5.74) is -2.74. The Morgan fingerprint density at radius 3 is 2.00 bits per heavy atom. The molecule has 7 nitrogen and oxygen atoms in total. The van der Waals surface area contributed by atoms with Gasteiger partial charge in [-0.3, -0.25) is 9.69 Å². The molecule has 3 heterocycles. The lowest BCUT2D eigenvalue weighted by atomic mass is 9.73. The molecule has 4 rings (SSSR count). The first-order valence-corrected chi connectivity index (χ1v) is 13.7. The summed E-state index contributed by atoms with van der Waals surface area (Å²) in [5, 5.41) is 0. The van der Waals surface area contributed by atoms with E-state index in [-0.39, 0.29) is 56.1 Å². The standard InChI is InChI=1S/C29H41F3N2O5/c1-26(2,3)38-24(35)28(9-11-37-12-10-28)22-8-7-19(23(13-22)29(30,31)32)14-33-15-20-17-34(18-21(20)16-33)25(36)39-27(4,5)6/h7-8,13,20-21H,9-12,14-18H2,1-6H3. The van der Waals surface area contributed by atoms with E-state index in [1.807, 2.05) is 25.7 Å². The van der Waals surface area contributed by atoms with Gasteiger partial charge in [-0.2, -0.15) is 13.2 Å².